The van der Waals surface area contributed by atoms with Crippen molar-refractivity contribution in [2.24, 2.45) is 5.92 Å². The lowest BCUT2D eigenvalue weighted by Gasteiger charge is -2.33. The standard InChI is InChI=1S/C13H25NO2S/c1-17(15,16)12-7-5-6-11(10-12)13-8-3-2-4-9-14-13/h11-14H,2-10H2,1H3. The Morgan fingerprint density at radius 3 is 2.59 bits per heavy atom. The summed E-state index contributed by atoms with van der Waals surface area (Å²) in [4.78, 5) is 0. The molecule has 0 aromatic rings. The SMILES string of the molecule is CS(=O)(=O)C1CCCC(C2CCCCCN2)C1. The van der Waals surface area contributed by atoms with E-state index in [0.29, 0.717) is 12.0 Å². The molecule has 1 aliphatic carbocycles. The van der Waals surface area contributed by atoms with E-state index in [2.05, 4.69) is 5.32 Å². The van der Waals surface area contributed by atoms with Crippen LogP contribution in [0.3, 0.4) is 0 Å². The molecule has 1 heterocycles. The zero-order chi connectivity index (χ0) is 12.3. The van der Waals surface area contributed by atoms with E-state index in [9.17, 15) is 8.42 Å². The van der Waals surface area contributed by atoms with Crippen molar-refractivity contribution in [1.29, 1.82) is 0 Å². The Balaban J connectivity index is 1.96. The van der Waals surface area contributed by atoms with Crippen molar-refractivity contribution in [2.45, 2.75) is 62.7 Å². The van der Waals surface area contributed by atoms with Gasteiger partial charge in [0, 0.05) is 12.3 Å². The summed E-state index contributed by atoms with van der Waals surface area (Å²) < 4.78 is 23.3. The Labute approximate surface area is 105 Å². The van der Waals surface area contributed by atoms with Crippen molar-refractivity contribution >= 4 is 9.84 Å². The van der Waals surface area contributed by atoms with E-state index in [0.717, 1.165) is 25.8 Å². The number of hydrogen-bond acceptors (Lipinski definition) is 3. The van der Waals surface area contributed by atoms with Crippen LogP contribution in [0.5, 0.6) is 0 Å². The Morgan fingerprint density at radius 1 is 1.00 bits per heavy atom. The maximum atomic E-state index is 11.7. The molecule has 17 heavy (non-hydrogen) atoms. The molecule has 3 nitrogen and oxygen atoms in total. The van der Waals surface area contributed by atoms with Gasteiger partial charge in [0.1, 0.15) is 9.84 Å². The van der Waals surface area contributed by atoms with E-state index in [1.165, 1.54) is 38.4 Å². The van der Waals surface area contributed by atoms with Gasteiger partial charge in [0.2, 0.25) is 0 Å². The molecule has 100 valence electrons. The molecule has 3 atom stereocenters. The molecule has 0 spiro atoms. The highest BCUT2D eigenvalue weighted by molar-refractivity contribution is 7.91. The van der Waals surface area contributed by atoms with E-state index in [1.807, 2.05) is 0 Å². The third-order valence-corrected chi connectivity index (χ3v) is 6.08. The number of rotatable bonds is 2. The lowest BCUT2D eigenvalue weighted by molar-refractivity contribution is 0.265. The van der Waals surface area contributed by atoms with Crippen molar-refractivity contribution in [3.8, 4) is 0 Å². The fraction of sp³-hybridized carbons (Fsp3) is 1.00. The molecule has 0 aromatic heterocycles. The largest absolute Gasteiger partial charge is 0.314 e. The minimum atomic E-state index is -2.83. The lowest BCUT2D eigenvalue weighted by Crippen LogP contribution is -2.40. The first-order valence-corrected chi connectivity index (χ1v) is 8.95. The Bertz CT molecular complexity index is 331. The van der Waals surface area contributed by atoms with E-state index < -0.39 is 9.84 Å². The van der Waals surface area contributed by atoms with Gasteiger partial charge in [0.15, 0.2) is 0 Å². The van der Waals surface area contributed by atoms with Gasteiger partial charge in [-0.05, 0) is 44.6 Å². The Hall–Kier alpha value is -0.0900. The third kappa shape index (κ3) is 3.68. The molecule has 1 aliphatic heterocycles. The van der Waals surface area contributed by atoms with Crippen molar-refractivity contribution in [2.75, 3.05) is 12.8 Å². The highest BCUT2D eigenvalue weighted by Crippen LogP contribution is 2.32. The maximum absolute atomic E-state index is 11.7. The van der Waals surface area contributed by atoms with E-state index in [1.54, 1.807) is 0 Å². The number of hydrogen-bond donors (Lipinski definition) is 1. The molecule has 1 N–H and O–H groups in total. The van der Waals surface area contributed by atoms with E-state index in [-0.39, 0.29) is 5.25 Å². The second kappa shape index (κ2) is 5.70. The van der Waals surface area contributed by atoms with E-state index in [4.69, 9.17) is 0 Å². The summed E-state index contributed by atoms with van der Waals surface area (Å²) in [5.74, 6) is 0.585. The van der Waals surface area contributed by atoms with Gasteiger partial charge in [-0.1, -0.05) is 19.3 Å². The minimum Gasteiger partial charge on any atom is -0.314 e. The summed E-state index contributed by atoms with van der Waals surface area (Å²) in [5, 5.41) is 3.55. The number of nitrogens with one attached hydrogen (secondary N) is 1. The Kier molecular flexibility index (Phi) is 4.47. The van der Waals surface area contributed by atoms with Crippen molar-refractivity contribution < 1.29 is 8.42 Å². The first-order valence-electron chi connectivity index (χ1n) is 6.99. The summed E-state index contributed by atoms with van der Waals surface area (Å²) in [6.07, 6.45) is 10.6. The summed E-state index contributed by atoms with van der Waals surface area (Å²) in [6, 6.07) is 0.571. The molecule has 4 heteroatoms. The van der Waals surface area contributed by atoms with Crippen molar-refractivity contribution in [1.82, 2.24) is 5.32 Å². The molecule has 0 amide bonds. The van der Waals surface area contributed by atoms with Gasteiger partial charge in [0.25, 0.3) is 0 Å². The summed E-state index contributed by atoms with van der Waals surface area (Å²) in [5.41, 5.74) is 0. The monoisotopic (exact) mass is 259 g/mol. The van der Waals surface area contributed by atoms with Crippen LogP contribution >= 0.6 is 0 Å². The fourth-order valence-corrected chi connectivity index (χ4v) is 4.58. The average Bonchev–Trinajstić information content (AvgIpc) is 2.56. The van der Waals surface area contributed by atoms with Crippen LogP contribution in [0.25, 0.3) is 0 Å². The topological polar surface area (TPSA) is 46.2 Å². The molecule has 3 unspecified atom stereocenters. The Morgan fingerprint density at radius 2 is 1.82 bits per heavy atom. The molecular formula is C13H25NO2S. The zero-order valence-corrected chi connectivity index (χ0v) is 11.6. The average molecular weight is 259 g/mol. The van der Waals surface area contributed by atoms with Gasteiger partial charge >= 0.3 is 0 Å². The van der Waals surface area contributed by atoms with E-state index >= 15 is 0 Å². The minimum absolute atomic E-state index is 0.0775. The summed E-state index contributed by atoms with van der Waals surface area (Å²) in [7, 11) is -2.83. The van der Waals surface area contributed by atoms with Gasteiger partial charge in [-0.15, -0.1) is 0 Å². The van der Waals surface area contributed by atoms with Crippen LogP contribution in [-0.4, -0.2) is 32.5 Å². The zero-order valence-electron chi connectivity index (χ0n) is 10.8. The predicted octanol–water partition coefficient (Wildman–Crippen LogP) is 2.12. The van der Waals surface area contributed by atoms with Crippen molar-refractivity contribution in [3.05, 3.63) is 0 Å². The second-order valence-electron chi connectivity index (χ2n) is 5.79. The fourth-order valence-electron chi connectivity index (χ4n) is 3.39. The van der Waals surface area contributed by atoms with Crippen LogP contribution in [0.15, 0.2) is 0 Å². The smallest absolute Gasteiger partial charge is 0.150 e. The molecule has 2 rings (SSSR count). The second-order valence-corrected chi connectivity index (χ2v) is 8.11. The molecule has 2 fully saturated rings. The molecule has 0 radical (unpaired) electrons. The molecule has 0 aromatic carbocycles. The molecule has 2 aliphatic rings. The lowest BCUT2D eigenvalue weighted by atomic mass is 9.82. The molecule has 1 saturated carbocycles. The van der Waals surface area contributed by atoms with Gasteiger partial charge < -0.3 is 5.32 Å². The van der Waals surface area contributed by atoms with Crippen LogP contribution in [0.4, 0.5) is 0 Å². The molecule has 1 saturated heterocycles. The van der Waals surface area contributed by atoms with Gasteiger partial charge in [-0.25, -0.2) is 8.42 Å². The third-order valence-electron chi connectivity index (χ3n) is 4.44. The number of sulfone groups is 1. The van der Waals surface area contributed by atoms with Crippen molar-refractivity contribution in [3.63, 3.8) is 0 Å². The first kappa shape index (κ1) is 13.3. The molecule has 0 bridgehead atoms. The highest BCUT2D eigenvalue weighted by atomic mass is 32.2. The quantitative estimate of drug-likeness (QED) is 0.826. The summed E-state index contributed by atoms with van der Waals surface area (Å²) in [6.45, 7) is 1.12. The first-order chi connectivity index (χ1) is 8.07. The van der Waals surface area contributed by atoms with Gasteiger partial charge in [0.05, 0.1) is 5.25 Å². The molecular weight excluding hydrogens is 234 g/mol. The van der Waals surface area contributed by atoms with Crippen LogP contribution in [0.2, 0.25) is 0 Å². The highest BCUT2D eigenvalue weighted by Gasteiger charge is 2.32. The van der Waals surface area contributed by atoms with Gasteiger partial charge in [-0.2, -0.15) is 0 Å². The van der Waals surface area contributed by atoms with Crippen LogP contribution < -0.4 is 5.32 Å². The van der Waals surface area contributed by atoms with Crippen LogP contribution in [-0.2, 0) is 9.84 Å². The maximum Gasteiger partial charge on any atom is 0.150 e. The van der Waals surface area contributed by atoms with Crippen LogP contribution in [0, 0.1) is 5.92 Å². The normalized spacial score (nSPS) is 36.4. The van der Waals surface area contributed by atoms with Gasteiger partial charge in [-0.3, -0.25) is 0 Å². The summed E-state index contributed by atoms with van der Waals surface area (Å²) >= 11 is 0. The predicted molar refractivity (Wildman–Crippen MR) is 70.8 cm³/mol. The van der Waals surface area contributed by atoms with Crippen LogP contribution in [0.1, 0.15) is 51.4 Å².